The number of nitrogens with one attached hydrogen (secondary N) is 2. The van der Waals surface area contributed by atoms with Gasteiger partial charge in [-0.05, 0) is 54.7 Å². The number of rotatable bonds is 5. The van der Waals surface area contributed by atoms with Gasteiger partial charge in [0.15, 0.2) is 0 Å². The Morgan fingerprint density at radius 1 is 1.25 bits per heavy atom. The van der Waals surface area contributed by atoms with Crippen molar-refractivity contribution >= 4 is 6.03 Å². The summed E-state index contributed by atoms with van der Waals surface area (Å²) >= 11 is 0. The summed E-state index contributed by atoms with van der Waals surface area (Å²) < 4.78 is 5.92. The molecule has 2 atom stereocenters. The average molecular weight is 331 g/mol. The highest BCUT2D eigenvalue weighted by Crippen LogP contribution is 2.41. The first-order valence-corrected chi connectivity index (χ1v) is 9.12. The molecule has 0 radical (unpaired) electrons. The molecule has 2 aliphatic rings. The van der Waals surface area contributed by atoms with E-state index in [1.807, 2.05) is 12.1 Å². The summed E-state index contributed by atoms with van der Waals surface area (Å²) in [6.45, 7) is 5.96. The second-order valence-electron chi connectivity index (χ2n) is 7.76. The van der Waals surface area contributed by atoms with E-state index in [9.17, 15) is 4.79 Å². The molecular weight excluding hydrogens is 302 g/mol. The number of carbonyl (C=O) groups is 1. The molecule has 3 rings (SSSR count). The van der Waals surface area contributed by atoms with E-state index in [1.54, 1.807) is 12.4 Å². The van der Waals surface area contributed by atoms with Crippen molar-refractivity contribution in [1.29, 1.82) is 0 Å². The number of urea groups is 1. The molecule has 1 aliphatic carbocycles. The third kappa shape index (κ3) is 4.07. The Kier molecular flexibility index (Phi) is 5.39. The predicted molar refractivity (Wildman–Crippen MR) is 93.6 cm³/mol. The summed E-state index contributed by atoms with van der Waals surface area (Å²) in [5, 5.41) is 6.19. The molecule has 0 unspecified atom stereocenters. The van der Waals surface area contributed by atoms with E-state index in [0.717, 1.165) is 37.5 Å². The van der Waals surface area contributed by atoms with Gasteiger partial charge >= 0.3 is 6.03 Å². The second kappa shape index (κ2) is 7.51. The van der Waals surface area contributed by atoms with Crippen LogP contribution >= 0.6 is 0 Å². The topological polar surface area (TPSA) is 63.2 Å². The van der Waals surface area contributed by atoms with E-state index in [0.29, 0.717) is 0 Å². The lowest BCUT2D eigenvalue weighted by Crippen LogP contribution is -2.50. The first-order valence-electron chi connectivity index (χ1n) is 9.12. The van der Waals surface area contributed by atoms with Crippen molar-refractivity contribution in [1.82, 2.24) is 15.6 Å². The number of hydrogen-bond donors (Lipinski definition) is 2. The van der Waals surface area contributed by atoms with Gasteiger partial charge in [-0.3, -0.25) is 4.98 Å². The van der Waals surface area contributed by atoms with Gasteiger partial charge in [-0.1, -0.05) is 20.3 Å². The van der Waals surface area contributed by atoms with Crippen LogP contribution in [0.4, 0.5) is 4.79 Å². The van der Waals surface area contributed by atoms with Crippen LogP contribution in [0, 0.1) is 11.3 Å². The molecule has 2 amide bonds. The summed E-state index contributed by atoms with van der Waals surface area (Å²) in [6, 6.07) is 3.84. The van der Waals surface area contributed by atoms with Crippen LogP contribution in [0.15, 0.2) is 24.5 Å². The molecule has 24 heavy (non-hydrogen) atoms. The van der Waals surface area contributed by atoms with E-state index in [4.69, 9.17) is 4.74 Å². The number of carbonyl (C=O) groups excluding carboxylic acids is 1. The molecule has 2 heterocycles. The standard InChI is InChI=1S/C19H29N3O2/c1-19(2,15-5-3-6-15)13-21-18(23)22-16-7-4-12-24-17(16)14-8-10-20-11-9-14/h8-11,15-17H,3-7,12-13H2,1-2H3,(H2,21,22,23)/t16-,17+/m0/s1. The van der Waals surface area contributed by atoms with Gasteiger partial charge in [-0.15, -0.1) is 0 Å². The lowest BCUT2D eigenvalue weighted by Gasteiger charge is -2.40. The summed E-state index contributed by atoms with van der Waals surface area (Å²) in [4.78, 5) is 16.4. The SMILES string of the molecule is CC(C)(CNC(=O)N[C@H]1CCCO[C@@H]1c1ccncc1)C1CCC1. The van der Waals surface area contributed by atoms with Crippen molar-refractivity contribution in [3.63, 3.8) is 0 Å². The van der Waals surface area contributed by atoms with Crippen molar-refractivity contribution in [3.8, 4) is 0 Å². The molecule has 5 heteroatoms. The van der Waals surface area contributed by atoms with Crippen LogP contribution in [0.5, 0.6) is 0 Å². The molecule has 2 N–H and O–H groups in total. The fraction of sp³-hybridized carbons (Fsp3) is 0.684. The highest BCUT2D eigenvalue weighted by atomic mass is 16.5. The number of pyridine rings is 1. The van der Waals surface area contributed by atoms with Crippen molar-refractivity contribution in [2.75, 3.05) is 13.2 Å². The maximum absolute atomic E-state index is 12.4. The van der Waals surface area contributed by atoms with E-state index < -0.39 is 0 Å². The average Bonchev–Trinajstić information content (AvgIpc) is 2.52. The zero-order valence-electron chi connectivity index (χ0n) is 14.8. The zero-order chi connectivity index (χ0) is 17.0. The molecule has 1 saturated carbocycles. The molecule has 0 aromatic carbocycles. The third-order valence-electron chi connectivity index (χ3n) is 5.59. The minimum absolute atomic E-state index is 0.00738. The van der Waals surface area contributed by atoms with Gasteiger partial charge in [0.05, 0.1) is 6.04 Å². The fourth-order valence-electron chi connectivity index (χ4n) is 3.67. The van der Waals surface area contributed by atoms with Crippen molar-refractivity contribution in [2.24, 2.45) is 11.3 Å². The lowest BCUT2D eigenvalue weighted by molar-refractivity contribution is -0.00761. The third-order valence-corrected chi connectivity index (χ3v) is 5.59. The summed E-state index contributed by atoms with van der Waals surface area (Å²) in [6.07, 6.45) is 9.26. The second-order valence-corrected chi connectivity index (χ2v) is 7.76. The molecule has 1 saturated heterocycles. The fourth-order valence-corrected chi connectivity index (χ4v) is 3.67. The molecule has 1 aromatic rings. The summed E-state index contributed by atoms with van der Waals surface area (Å²) in [5.74, 6) is 0.736. The number of hydrogen-bond acceptors (Lipinski definition) is 3. The summed E-state index contributed by atoms with van der Waals surface area (Å²) in [7, 11) is 0. The molecular formula is C19H29N3O2. The molecule has 1 aromatic heterocycles. The molecule has 132 valence electrons. The molecule has 2 fully saturated rings. The number of amides is 2. The number of ether oxygens (including phenoxy) is 1. The van der Waals surface area contributed by atoms with Gasteiger partial charge in [0.1, 0.15) is 6.10 Å². The Labute approximate surface area is 144 Å². The van der Waals surface area contributed by atoms with Gasteiger partial charge in [-0.2, -0.15) is 0 Å². The van der Waals surface area contributed by atoms with Crippen molar-refractivity contribution < 1.29 is 9.53 Å². The van der Waals surface area contributed by atoms with Crippen LogP contribution in [0.2, 0.25) is 0 Å². The smallest absolute Gasteiger partial charge is 0.315 e. The van der Waals surface area contributed by atoms with Gasteiger partial charge in [0.2, 0.25) is 0 Å². The van der Waals surface area contributed by atoms with Crippen LogP contribution < -0.4 is 10.6 Å². The summed E-state index contributed by atoms with van der Waals surface area (Å²) in [5.41, 5.74) is 1.24. The minimum Gasteiger partial charge on any atom is -0.371 e. The Hall–Kier alpha value is -1.62. The van der Waals surface area contributed by atoms with Crippen LogP contribution in [-0.4, -0.2) is 30.2 Å². The largest absolute Gasteiger partial charge is 0.371 e. The minimum atomic E-state index is -0.0906. The quantitative estimate of drug-likeness (QED) is 0.869. The van der Waals surface area contributed by atoms with Crippen LogP contribution in [0.3, 0.4) is 0 Å². The van der Waals surface area contributed by atoms with Gasteiger partial charge in [0, 0.05) is 25.5 Å². The molecule has 0 spiro atoms. The van der Waals surface area contributed by atoms with E-state index in [2.05, 4.69) is 29.5 Å². The Balaban J connectivity index is 1.54. The van der Waals surface area contributed by atoms with Crippen molar-refractivity contribution in [3.05, 3.63) is 30.1 Å². The van der Waals surface area contributed by atoms with Crippen molar-refractivity contribution in [2.45, 2.75) is 58.1 Å². The first kappa shape index (κ1) is 17.2. The van der Waals surface area contributed by atoms with Gasteiger partial charge in [-0.25, -0.2) is 4.79 Å². The van der Waals surface area contributed by atoms with Crippen LogP contribution in [0.1, 0.15) is 57.6 Å². The first-order chi connectivity index (χ1) is 11.6. The Bertz CT molecular complexity index is 543. The molecule has 1 aliphatic heterocycles. The Morgan fingerprint density at radius 3 is 2.67 bits per heavy atom. The van der Waals surface area contributed by atoms with E-state index in [1.165, 1.54) is 19.3 Å². The highest BCUT2D eigenvalue weighted by molar-refractivity contribution is 5.74. The predicted octanol–water partition coefficient (Wildman–Crippen LogP) is 3.43. The maximum atomic E-state index is 12.4. The Morgan fingerprint density at radius 2 is 2.00 bits per heavy atom. The van der Waals surface area contributed by atoms with Crippen LogP contribution in [-0.2, 0) is 4.74 Å². The monoisotopic (exact) mass is 331 g/mol. The molecule has 0 bridgehead atoms. The van der Waals surface area contributed by atoms with E-state index >= 15 is 0 Å². The van der Waals surface area contributed by atoms with Gasteiger partial charge < -0.3 is 15.4 Å². The van der Waals surface area contributed by atoms with E-state index in [-0.39, 0.29) is 23.6 Å². The molecule has 5 nitrogen and oxygen atoms in total. The maximum Gasteiger partial charge on any atom is 0.315 e. The number of aromatic nitrogens is 1. The lowest BCUT2D eigenvalue weighted by atomic mass is 9.67. The highest BCUT2D eigenvalue weighted by Gasteiger charge is 2.34. The van der Waals surface area contributed by atoms with Crippen LogP contribution in [0.25, 0.3) is 0 Å². The van der Waals surface area contributed by atoms with Gasteiger partial charge in [0.25, 0.3) is 0 Å². The zero-order valence-corrected chi connectivity index (χ0v) is 14.8. The number of nitrogens with zero attached hydrogens (tertiary/aromatic N) is 1. The normalized spacial score (nSPS) is 24.9.